The number of hydrogen-bond acceptors (Lipinski definition) is 3. The molecule has 1 heterocycles. The fourth-order valence-electron chi connectivity index (χ4n) is 1.16. The first-order chi connectivity index (χ1) is 6.74. The van der Waals surface area contributed by atoms with Gasteiger partial charge in [-0.2, -0.15) is 0 Å². The molecule has 0 saturated carbocycles. The van der Waals surface area contributed by atoms with Crippen LogP contribution in [0.15, 0.2) is 37.9 Å². The van der Waals surface area contributed by atoms with Crippen LogP contribution in [0, 0.1) is 0 Å². The van der Waals surface area contributed by atoms with Crippen LogP contribution in [-0.4, -0.2) is 10.2 Å². The average molecular weight is 255 g/mol. The molecule has 4 nitrogen and oxygen atoms in total. The smallest absolute Gasteiger partial charge is 0.392 e. The molecule has 0 atom stereocenters. The van der Waals surface area contributed by atoms with Gasteiger partial charge < -0.3 is 4.42 Å². The monoisotopic (exact) mass is 254 g/mol. The van der Waals surface area contributed by atoms with Crippen molar-refractivity contribution in [2.24, 2.45) is 0 Å². The minimum Gasteiger partial charge on any atom is -0.392 e. The first-order valence-electron chi connectivity index (χ1n) is 4.03. The second-order valence-electron chi connectivity index (χ2n) is 2.81. The molecule has 1 N–H and O–H groups in total. The molecule has 0 spiro atoms. The van der Waals surface area contributed by atoms with Crippen LogP contribution >= 0.6 is 15.9 Å². The van der Waals surface area contributed by atoms with Gasteiger partial charge >= 0.3 is 5.76 Å². The summed E-state index contributed by atoms with van der Waals surface area (Å²) < 4.78 is 5.78. The van der Waals surface area contributed by atoms with E-state index in [1.54, 1.807) is 0 Å². The maximum Gasteiger partial charge on any atom is 0.434 e. The third-order valence-corrected chi connectivity index (χ3v) is 2.22. The van der Waals surface area contributed by atoms with Gasteiger partial charge in [-0.25, -0.2) is 9.89 Å². The molecule has 0 radical (unpaired) electrons. The summed E-state index contributed by atoms with van der Waals surface area (Å²) in [7, 11) is 0. The molecule has 72 valence electrons. The summed E-state index contributed by atoms with van der Waals surface area (Å²) in [5.74, 6) is -0.122. The molecule has 2 aromatic rings. The van der Waals surface area contributed by atoms with E-state index in [1.807, 2.05) is 24.3 Å². The maximum absolute atomic E-state index is 10.7. The fourth-order valence-corrected chi connectivity index (χ4v) is 1.60. The van der Waals surface area contributed by atoms with Crippen LogP contribution in [-0.2, 0) is 6.42 Å². The van der Waals surface area contributed by atoms with E-state index in [0.29, 0.717) is 12.3 Å². The molecule has 0 saturated heterocycles. The first kappa shape index (κ1) is 9.21. The number of aromatic nitrogens is 2. The van der Waals surface area contributed by atoms with E-state index in [9.17, 15) is 4.79 Å². The van der Waals surface area contributed by atoms with Crippen LogP contribution in [0.4, 0.5) is 0 Å². The molecule has 1 aromatic heterocycles. The van der Waals surface area contributed by atoms with Crippen molar-refractivity contribution in [1.82, 2.24) is 10.2 Å². The van der Waals surface area contributed by atoms with E-state index in [0.717, 1.165) is 10.0 Å². The topological polar surface area (TPSA) is 58.9 Å². The summed E-state index contributed by atoms with van der Waals surface area (Å²) in [4.78, 5) is 10.7. The number of nitrogens with one attached hydrogen (secondary N) is 1. The Labute approximate surface area is 88.1 Å². The van der Waals surface area contributed by atoms with Crippen LogP contribution in [0.1, 0.15) is 11.5 Å². The average Bonchev–Trinajstić information content (AvgIpc) is 2.51. The molecule has 2 rings (SSSR count). The Kier molecular flexibility index (Phi) is 2.49. The van der Waals surface area contributed by atoms with Crippen molar-refractivity contribution in [1.29, 1.82) is 0 Å². The molecule has 0 aliphatic heterocycles. The summed E-state index contributed by atoms with van der Waals surface area (Å²) in [6, 6.07) is 7.75. The van der Waals surface area contributed by atoms with Crippen LogP contribution in [0.25, 0.3) is 0 Å². The summed E-state index contributed by atoms with van der Waals surface area (Å²) in [5.41, 5.74) is 1.04. The van der Waals surface area contributed by atoms with Gasteiger partial charge in [0.15, 0.2) is 0 Å². The number of hydrogen-bond donors (Lipinski definition) is 1. The Morgan fingerprint density at radius 1 is 1.50 bits per heavy atom. The predicted molar refractivity (Wildman–Crippen MR) is 54.1 cm³/mol. The van der Waals surface area contributed by atoms with Crippen LogP contribution in [0.2, 0.25) is 0 Å². The summed E-state index contributed by atoms with van der Waals surface area (Å²) in [6.45, 7) is 0. The second-order valence-corrected chi connectivity index (χ2v) is 3.73. The zero-order valence-electron chi connectivity index (χ0n) is 7.16. The lowest BCUT2D eigenvalue weighted by Crippen LogP contribution is -1.93. The second kappa shape index (κ2) is 3.79. The molecular formula is C9H7BrN2O2. The van der Waals surface area contributed by atoms with Crippen LogP contribution in [0.5, 0.6) is 0 Å². The van der Waals surface area contributed by atoms with E-state index >= 15 is 0 Å². The van der Waals surface area contributed by atoms with Crippen molar-refractivity contribution < 1.29 is 4.42 Å². The minimum absolute atomic E-state index is 0.396. The molecule has 0 aliphatic rings. The minimum atomic E-state index is -0.519. The molecule has 0 unspecified atom stereocenters. The van der Waals surface area contributed by atoms with Gasteiger partial charge in [0.25, 0.3) is 0 Å². The highest BCUT2D eigenvalue weighted by molar-refractivity contribution is 9.10. The number of benzene rings is 1. The van der Waals surface area contributed by atoms with Crippen molar-refractivity contribution >= 4 is 15.9 Å². The lowest BCUT2D eigenvalue weighted by molar-refractivity contribution is 0.471. The van der Waals surface area contributed by atoms with Crippen molar-refractivity contribution in [3.63, 3.8) is 0 Å². The van der Waals surface area contributed by atoms with Crippen molar-refractivity contribution in [2.75, 3.05) is 0 Å². The van der Waals surface area contributed by atoms with Crippen LogP contribution < -0.4 is 5.76 Å². The van der Waals surface area contributed by atoms with E-state index < -0.39 is 5.76 Å². The van der Waals surface area contributed by atoms with E-state index in [2.05, 4.69) is 26.1 Å². The summed E-state index contributed by atoms with van der Waals surface area (Å²) in [6.07, 6.45) is 0.512. The molecular weight excluding hydrogens is 248 g/mol. The summed E-state index contributed by atoms with van der Waals surface area (Å²) in [5, 5.41) is 5.94. The largest absolute Gasteiger partial charge is 0.434 e. The quantitative estimate of drug-likeness (QED) is 0.888. The van der Waals surface area contributed by atoms with Gasteiger partial charge in [0.2, 0.25) is 5.89 Å². The lowest BCUT2D eigenvalue weighted by Gasteiger charge is -1.96. The van der Waals surface area contributed by atoms with E-state index in [4.69, 9.17) is 4.42 Å². The first-order valence-corrected chi connectivity index (χ1v) is 4.82. The number of rotatable bonds is 2. The van der Waals surface area contributed by atoms with E-state index in [1.165, 1.54) is 0 Å². The highest BCUT2D eigenvalue weighted by atomic mass is 79.9. The third-order valence-electron chi connectivity index (χ3n) is 1.73. The zero-order chi connectivity index (χ0) is 9.97. The van der Waals surface area contributed by atoms with Gasteiger partial charge in [0, 0.05) is 4.47 Å². The standard InChI is InChI=1S/C9H7BrN2O2/c10-7-3-1-2-6(4-7)5-8-11-12-9(13)14-8/h1-4H,5H2,(H,12,13). The number of aromatic amines is 1. The Hall–Kier alpha value is -1.36. The van der Waals surface area contributed by atoms with E-state index in [-0.39, 0.29) is 0 Å². The molecule has 0 bridgehead atoms. The number of halogens is 1. The maximum atomic E-state index is 10.7. The van der Waals surface area contributed by atoms with Gasteiger partial charge in [0.05, 0.1) is 6.42 Å². The van der Waals surface area contributed by atoms with Gasteiger partial charge in [-0.05, 0) is 17.7 Å². The highest BCUT2D eigenvalue weighted by Gasteiger charge is 2.02. The lowest BCUT2D eigenvalue weighted by atomic mass is 10.1. The number of H-pyrrole nitrogens is 1. The predicted octanol–water partition coefficient (Wildman–Crippen LogP) is 1.72. The third kappa shape index (κ3) is 2.11. The molecule has 0 amide bonds. The molecule has 5 heteroatoms. The normalized spacial score (nSPS) is 10.4. The Balaban J connectivity index is 2.22. The van der Waals surface area contributed by atoms with Crippen molar-refractivity contribution in [3.8, 4) is 0 Å². The zero-order valence-corrected chi connectivity index (χ0v) is 8.74. The molecule has 0 fully saturated rings. The molecule has 0 aliphatic carbocycles. The number of nitrogens with zero attached hydrogens (tertiary/aromatic N) is 1. The Bertz CT molecular complexity index is 489. The van der Waals surface area contributed by atoms with Crippen molar-refractivity contribution in [3.05, 3.63) is 50.7 Å². The van der Waals surface area contributed by atoms with Crippen LogP contribution in [0.3, 0.4) is 0 Å². The highest BCUT2D eigenvalue weighted by Crippen LogP contribution is 2.13. The Morgan fingerprint density at radius 3 is 3.00 bits per heavy atom. The Morgan fingerprint density at radius 2 is 2.36 bits per heavy atom. The summed E-state index contributed by atoms with van der Waals surface area (Å²) >= 11 is 3.36. The fraction of sp³-hybridized carbons (Fsp3) is 0.111. The SMILES string of the molecule is O=c1[nH]nc(Cc2cccc(Br)c2)o1. The van der Waals surface area contributed by atoms with Gasteiger partial charge in [-0.15, -0.1) is 5.10 Å². The van der Waals surface area contributed by atoms with Gasteiger partial charge in [-0.1, -0.05) is 28.1 Å². The molecule has 1 aromatic carbocycles. The molecule has 14 heavy (non-hydrogen) atoms. The van der Waals surface area contributed by atoms with Crippen molar-refractivity contribution in [2.45, 2.75) is 6.42 Å². The van der Waals surface area contributed by atoms with Gasteiger partial charge in [0.1, 0.15) is 0 Å². The van der Waals surface area contributed by atoms with Gasteiger partial charge in [-0.3, -0.25) is 0 Å².